The van der Waals surface area contributed by atoms with Crippen molar-refractivity contribution in [2.24, 2.45) is 7.05 Å². The Morgan fingerprint density at radius 3 is 2.70 bits per heavy atom. The van der Waals surface area contributed by atoms with Crippen LogP contribution >= 0.6 is 0 Å². The highest BCUT2D eigenvalue weighted by atomic mass is 16.5. The van der Waals surface area contributed by atoms with E-state index in [1.165, 1.54) is 0 Å². The van der Waals surface area contributed by atoms with Crippen molar-refractivity contribution in [2.45, 2.75) is 26.3 Å². The normalized spacial score (nSPS) is 12.4. The number of hydrogen-bond acceptors (Lipinski definition) is 3. The minimum atomic E-state index is 0.0947. The Morgan fingerprint density at radius 1 is 1.35 bits per heavy atom. The van der Waals surface area contributed by atoms with Crippen LogP contribution < -0.4 is 10.1 Å². The molecule has 0 saturated heterocycles. The second-order valence-corrected chi connectivity index (χ2v) is 4.96. The van der Waals surface area contributed by atoms with Gasteiger partial charge in [0.1, 0.15) is 5.75 Å². The van der Waals surface area contributed by atoms with Gasteiger partial charge in [0.2, 0.25) is 0 Å². The van der Waals surface area contributed by atoms with Gasteiger partial charge in [0, 0.05) is 12.6 Å². The molecule has 1 heterocycles. The summed E-state index contributed by atoms with van der Waals surface area (Å²) >= 11 is 0. The number of aryl methyl sites for hydroxylation is 2. The molecule has 0 amide bonds. The molecule has 1 aromatic carbocycles. The Labute approximate surface area is 120 Å². The van der Waals surface area contributed by atoms with E-state index in [1.54, 1.807) is 7.11 Å². The first-order chi connectivity index (χ1) is 9.67. The largest absolute Gasteiger partial charge is 0.496 e. The summed E-state index contributed by atoms with van der Waals surface area (Å²) in [7, 11) is 3.70. The van der Waals surface area contributed by atoms with Crippen molar-refractivity contribution in [3.63, 3.8) is 0 Å². The van der Waals surface area contributed by atoms with Gasteiger partial charge in [0.25, 0.3) is 0 Å². The molecule has 0 bridgehead atoms. The summed E-state index contributed by atoms with van der Waals surface area (Å²) < 4.78 is 7.44. The summed E-state index contributed by atoms with van der Waals surface area (Å²) in [6, 6.07) is 10.4. The third-order valence-corrected chi connectivity index (χ3v) is 3.38. The van der Waals surface area contributed by atoms with Crippen LogP contribution in [0.2, 0.25) is 0 Å². The Balaban J connectivity index is 2.44. The van der Waals surface area contributed by atoms with Gasteiger partial charge in [0.05, 0.1) is 24.5 Å². The molecule has 4 heteroatoms. The molecule has 0 aliphatic carbocycles. The van der Waals surface area contributed by atoms with Gasteiger partial charge in [0.15, 0.2) is 0 Å². The van der Waals surface area contributed by atoms with E-state index >= 15 is 0 Å². The highest BCUT2D eigenvalue weighted by Crippen LogP contribution is 2.30. The van der Waals surface area contributed by atoms with Crippen molar-refractivity contribution in [3.8, 4) is 5.75 Å². The number of aromatic nitrogens is 2. The second-order valence-electron chi connectivity index (χ2n) is 4.96. The van der Waals surface area contributed by atoms with E-state index in [0.717, 1.165) is 35.7 Å². The van der Waals surface area contributed by atoms with Gasteiger partial charge in [-0.2, -0.15) is 5.10 Å². The van der Waals surface area contributed by atoms with Gasteiger partial charge >= 0.3 is 0 Å². The van der Waals surface area contributed by atoms with Crippen LogP contribution in [0.15, 0.2) is 30.3 Å². The number of para-hydroxylation sites is 1. The molecule has 0 aliphatic rings. The standard InChI is InChI=1S/C16H23N3O/c1-5-10-17-16(14-11-12(2)18-19(14)3)13-8-6-7-9-15(13)20-4/h6-9,11,16-17H,5,10H2,1-4H3. The third kappa shape index (κ3) is 3.02. The Hall–Kier alpha value is -1.81. The SMILES string of the molecule is CCCNC(c1ccccc1OC)c1cc(C)nn1C. The number of rotatable bonds is 6. The number of ether oxygens (including phenoxy) is 1. The van der Waals surface area contributed by atoms with Crippen LogP contribution in [0, 0.1) is 6.92 Å². The molecule has 1 unspecified atom stereocenters. The number of nitrogens with one attached hydrogen (secondary N) is 1. The predicted molar refractivity (Wildman–Crippen MR) is 81.1 cm³/mol. The summed E-state index contributed by atoms with van der Waals surface area (Å²) in [4.78, 5) is 0. The second kappa shape index (κ2) is 6.57. The molecule has 2 rings (SSSR count). The van der Waals surface area contributed by atoms with Crippen molar-refractivity contribution < 1.29 is 4.74 Å². The van der Waals surface area contributed by atoms with Gasteiger partial charge in [-0.3, -0.25) is 4.68 Å². The van der Waals surface area contributed by atoms with E-state index in [4.69, 9.17) is 4.74 Å². The van der Waals surface area contributed by atoms with Crippen LogP contribution in [0.4, 0.5) is 0 Å². The molecule has 1 N–H and O–H groups in total. The van der Waals surface area contributed by atoms with Crippen LogP contribution in [0.1, 0.15) is 36.3 Å². The zero-order chi connectivity index (χ0) is 14.5. The summed E-state index contributed by atoms with van der Waals surface area (Å²) in [6.45, 7) is 5.14. The lowest BCUT2D eigenvalue weighted by molar-refractivity contribution is 0.402. The number of benzene rings is 1. The van der Waals surface area contributed by atoms with E-state index in [9.17, 15) is 0 Å². The molecule has 0 aliphatic heterocycles. The molecule has 1 aromatic heterocycles. The molecule has 108 valence electrons. The van der Waals surface area contributed by atoms with Crippen LogP contribution in [0.3, 0.4) is 0 Å². The Bertz CT molecular complexity index is 563. The van der Waals surface area contributed by atoms with E-state index < -0.39 is 0 Å². The van der Waals surface area contributed by atoms with E-state index in [-0.39, 0.29) is 6.04 Å². The van der Waals surface area contributed by atoms with E-state index in [2.05, 4.69) is 29.5 Å². The Kier molecular flexibility index (Phi) is 4.79. The first kappa shape index (κ1) is 14.6. The van der Waals surface area contributed by atoms with Gasteiger partial charge in [-0.25, -0.2) is 0 Å². The first-order valence-corrected chi connectivity index (χ1v) is 7.04. The number of hydrogen-bond donors (Lipinski definition) is 1. The van der Waals surface area contributed by atoms with Gasteiger partial charge in [-0.05, 0) is 32.0 Å². The van der Waals surface area contributed by atoms with Crippen LogP contribution in [-0.2, 0) is 7.05 Å². The fourth-order valence-corrected chi connectivity index (χ4v) is 2.47. The number of methoxy groups -OCH3 is 1. The fraction of sp³-hybridized carbons (Fsp3) is 0.438. The van der Waals surface area contributed by atoms with Gasteiger partial charge in [-0.1, -0.05) is 25.1 Å². The minimum absolute atomic E-state index is 0.0947. The van der Waals surface area contributed by atoms with Gasteiger partial charge < -0.3 is 10.1 Å². The molecule has 0 spiro atoms. The highest BCUT2D eigenvalue weighted by Gasteiger charge is 2.20. The quantitative estimate of drug-likeness (QED) is 0.879. The molecule has 1 atom stereocenters. The fourth-order valence-electron chi connectivity index (χ4n) is 2.47. The molecule has 2 aromatic rings. The van der Waals surface area contributed by atoms with Crippen molar-refractivity contribution in [3.05, 3.63) is 47.3 Å². The van der Waals surface area contributed by atoms with E-state index in [0.29, 0.717) is 0 Å². The summed E-state index contributed by atoms with van der Waals surface area (Å²) in [5.74, 6) is 0.903. The lowest BCUT2D eigenvalue weighted by atomic mass is 10.0. The van der Waals surface area contributed by atoms with Crippen molar-refractivity contribution in [1.82, 2.24) is 15.1 Å². The highest BCUT2D eigenvalue weighted by molar-refractivity contribution is 5.40. The maximum atomic E-state index is 5.50. The molecular weight excluding hydrogens is 250 g/mol. The molecule has 4 nitrogen and oxygen atoms in total. The Morgan fingerprint density at radius 2 is 2.10 bits per heavy atom. The maximum Gasteiger partial charge on any atom is 0.124 e. The summed E-state index contributed by atoms with van der Waals surface area (Å²) in [5.41, 5.74) is 3.33. The molecule has 0 fully saturated rings. The predicted octanol–water partition coefficient (Wildman–Crippen LogP) is 2.83. The lowest BCUT2D eigenvalue weighted by Gasteiger charge is -2.21. The van der Waals surface area contributed by atoms with Gasteiger partial charge in [-0.15, -0.1) is 0 Å². The smallest absolute Gasteiger partial charge is 0.124 e. The van der Waals surface area contributed by atoms with Crippen molar-refractivity contribution >= 4 is 0 Å². The monoisotopic (exact) mass is 273 g/mol. The van der Waals surface area contributed by atoms with Crippen LogP contribution in [0.5, 0.6) is 5.75 Å². The summed E-state index contributed by atoms with van der Waals surface area (Å²) in [6.07, 6.45) is 1.09. The lowest BCUT2D eigenvalue weighted by Crippen LogP contribution is -2.25. The van der Waals surface area contributed by atoms with E-state index in [1.807, 2.05) is 36.9 Å². The molecule has 20 heavy (non-hydrogen) atoms. The average molecular weight is 273 g/mol. The molecule has 0 radical (unpaired) electrons. The van der Waals surface area contributed by atoms with Crippen LogP contribution in [0.25, 0.3) is 0 Å². The first-order valence-electron chi connectivity index (χ1n) is 7.04. The number of nitrogens with zero attached hydrogens (tertiary/aromatic N) is 2. The minimum Gasteiger partial charge on any atom is -0.496 e. The molecule has 0 saturated carbocycles. The third-order valence-electron chi connectivity index (χ3n) is 3.38. The zero-order valence-corrected chi connectivity index (χ0v) is 12.7. The summed E-state index contributed by atoms with van der Waals surface area (Å²) in [5, 5.41) is 8.05. The zero-order valence-electron chi connectivity index (χ0n) is 12.7. The topological polar surface area (TPSA) is 39.1 Å². The maximum absolute atomic E-state index is 5.50. The average Bonchev–Trinajstić information content (AvgIpc) is 2.79. The van der Waals surface area contributed by atoms with Crippen molar-refractivity contribution in [1.29, 1.82) is 0 Å². The molecular formula is C16H23N3O. The van der Waals surface area contributed by atoms with Crippen molar-refractivity contribution in [2.75, 3.05) is 13.7 Å². The van der Waals surface area contributed by atoms with Crippen LogP contribution in [-0.4, -0.2) is 23.4 Å².